The molecule has 6 heteroatoms. The second kappa shape index (κ2) is 4.40. The molecule has 1 aromatic heterocycles. The zero-order valence-electron chi connectivity index (χ0n) is 7.61. The first-order chi connectivity index (χ1) is 6.61. The molecule has 0 radical (unpaired) electrons. The van der Waals surface area contributed by atoms with Crippen molar-refractivity contribution in [1.82, 2.24) is 10.5 Å². The van der Waals surface area contributed by atoms with Gasteiger partial charge >= 0.3 is 5.97 Å². The van der Waals surface area contributed by atoms with Gasteiger partial charge in [-0.3, -0.25) is 9.59 Å². The van der Waals surface area contributed by atoms with Crippen LogP contribution in [0.5, 0.6) is 0 Å². The average Bonchev–Trinajstić information content (AvgIpc) is 2.50. The summed E-state index contributed by atoms with van der Waals surface area (Å²) in [6, 6.07) is 0. The number of hydrogen-bond acceptors (Lipinski definition) is 4. The second-order valence-corrected chi connectivity index (χ2v) is 2.74. The summed E-state index contributed by atoms with van der Waals surface area (Å²) in [4.78, 5) is 21.4. The first-order valence-corrected chi connectivity index (χ1v) is 4.02. The van der Waals surface area contributed by atoms with Crippen LogP contribution < -0.4 is 5.32 Å². The number of carboxylic acid groups (broad SMARTS) is 1. The molecule has 76 valence electrons. The molecule has 6 nitrogen and oxygen atoms in total. The van der Waals surface area contributed by atoms with Gasteiger partial charge in [-0.25, -0.2) is 0 Å². The molecule has 0 unspecified atom stereocenters. The highest BCUT2D eigenvalue weighted by atomic mass is 16.5. The Morgan fingerprint density at radius 3 is 2.86 bits per heavy atom. The van der Waals surface area contributed by atoms with Crippen molar-refractivity contribution in [3.8, 4) is 0 Å². The molecule has 1 rings (SSSR count). The number of hydrogen-bond donors (Lipinski definition) is 2. The van der Waals surface area contributed by atoms with Crippen molar-refractivity contribution < 1.29 is 19.2 Å². The molecule has 1 amide bonds. The van der Waals surface area contributed by atoms with E-state index in [2.05, 4.69) is 15.0 Å². The quantitative estimate of drug-likeness (QED) is 0.720. The van der Waals surface area contributed by atoms with Crippen LogP contribution in [0.15, 0.2) is 10.7 Å². The minimum atomic E-state index is -0.959. The smallest absolute Gasteiger partial charge is 0.305 e. The molecule has 0 aliphatic carbocycles. The van der Waals surface area contributed by atoms with Gasteiger partial charge in [0.05, 0.1) is 12.6 Å². The van der Waals surface area contributed by atoms with E-state index in [9.17, 15) is 9.59 Å². The highest BCUT2D eigenvalue weighted by Gasteiger charge is 2.13. The molecular weight excluding hydrogens is 188 g/mol. The molecule has 0 aliphatic rings. The number of aryl methyl sites for hydroxylation is 1. The first kappa shape index (κ1) is 10.2. The SMILES string of the molecule is Cc1cnoc1C(=O)NCCC(=O)O. The topological polar surface area (TPSA) is 92.4 Å². The monoisotopic (exact) mass is 198 g/mol. The molecule has 1 heterocycles. The van der Waals surface area contributed by atoms with E-state index in [1.807, 2.05) is 0 Å². The lowest BCUT2D eigenvalue weighted by Crippen LogP contribution is -2.26. The third-order valence-electron chi connectivity index (χ3n) is 1.58. The molecular formula is C8H10N2O4. The molecule has 0 aromatic carbocycles. The van der Waals surface area contributed by atoms with Gasteiger partial charge in [0.2, 0.25) is 5.76 Å². The Hall–Kier alpha value is -1.85. The molecule has 1 aromatic rings. The average molecular weight is 198 g/mol. The lowest BCUT2D eigenvalue weighted by Gasteiger charge is -1.99. The predicted molar refractivity (Wildman–Crippen MR) is 45.8 cm³/mol. The third-order valence-corrected chi connectivity index (χ3v) is 1.58. The number of aromatic nitrogens is 1. The Morgan fingerprint density at radius 2 is 2.36 bits per heavy atom. The van der Waals surface area contributed by atoms with Crippen LogP contribution in [0.2, 0.25) is 0 Å². The van der Waals surface area contributed by atoms with E-state index < -0.39 is 11.9 Å². The van der Waals surface area contributed by atoms with Gasteiger partial charge in [0.15, 0.2) is 0 Å². The number of carboxylic acids is 1. The number of nitrogens with zero attached hydrogens (tertiary/aromatic N) is 1. The van der Waals surface area contributed by atoms with Crippen molar-refractivity contribution >= 4 is 11.9 Å². The number of nitrogens with one attached hydrogen (secondary N) is 1. The van der Waals surface area contributed by atoms with Gasteiger partial charge in [-0.1, -0.05) is 5.16 Å². The zero-order chi connectivity index (χ0) is 10.6. The summed E-state index contributed by atoms with van der Waals surface area (Å²) in [5.41, 5.74) is 0.623. The summed E-state index contributed by atoms with van der Waals surface area (Å²) in [6.07, 6.45) is 1.31. The number of rotatable bonds is 4. The van der Waals surface area contributed by atoms with Crippen LogP contribution in [0.1, 0.15) is 22.5 Å². The fraction of sp³-hybridized carbons (Fsp3) is 0.375. The van der Waals surface area contributed by atoms with Crippen molar-refractivity contribution in [2.75, 3.05) is 6.54 Å². The van der Waals surface area contributed by atoms with E-state index in [0.717, 1.165) is 0 Å². The summed E-state index contributed by atoms with van der Waals surface area (Å²) in [6.45, 7) is 1.76. The molecule has 0 bridgehead atoms. The first-order valence-electron chi connectivity index (χ1n) is 4.02. The molecule has 2 N–H and O–H groups in total. The van der Waals surface area contributed by atoms with E-state index in [4.69, 9.17) is 5.11 Å². The zero-order valence-corrected chi connectivity index (χ0v) is 7.61. The van der Waals surface area contributed by atoms with Crippen molar-refractivity contribution in [2.24, 2.45) is 0 Å². The number of aliphatic carboxylic acids is 1. The van der Waals surface area contributed by atoms with Crippen LogP contribution in [-0.4, -0.2) is 28.7 Å². The van der Waals surface area contributed by atoms with Gasteiger partial charge in [-0.05, 0) is 6.92 Å². The van der Waals surface area contributed by atoms with Crippen LogP contribution in [0.25, 0.3) is 0 Å². The van der Waals surface area contributed by atoms with E-state index in [1.54, 1.807) is 6.92 Å². The van der Waals surface area contributed by atoms with Gasteiger partial charge in [0, 0.05) is 12.1 Å². The number of amides is 1. The lowest BCUT2D eigenvalue weighted by atomic mass is 10.3. The third kappa shape index (κ3) is 2.58. The van der Waals surface area contributed by atoms with Crippen LogP contribution in [0, 0.1) is 6.92 Å². The molecule has 0 spiro atoms. The highest BCUT2D eigenvalue weighted by molar-refractivity contribution is 5.92. The predicted octanol–water partition coefficient (Wildman–Crippen LogP) is 0.188. The summed E-state index contributed by atoms with van der Waals surface area (Å²) in [5.74, 6) is -1.28. The maximum absolute atomic E-state index is 11.3. The Labute approximate surface area is 79.9 Å². The summed E-state index contributed by atoms with van der Waals surface area (Å²) in [5, 5.41) is 14.2. The van der Waals surface area contributed by atoms with Gasteiger partial charge in [-0.2, -0.15) is 0 Å². The Bertz CT molecular complexity index is 345. The highest BCUT2D eigenvalue weighted by Crippen LogP contribution is 2.04. The number of carbonyl (C=O) groups excluding carboxylic acids is 1. The van der Waals surface area contributed by atoms with Gasteiger partial charge < -0.3 is 14.9 Å². The Kier molecular flexibility index (Phi) is 3.22. The van der Waals surface area contributed by atoms with Gasteiger partial charge in [0.25, 0.3) is 5.91 Å². The van der Waals surface area contributed by atoms with Crippen LogP contribution in [0.3, 0.4) is 0 Å². The van der Waals surface area contributed by atoms with Gasteiger partial charge in [0.1, 0.15) is 0 Å². The molecule has 0 saturated heterocycles. The van der Waals surface area contributed by atoms with E-state index in [1.165, 1.54) is 6.20 Å². The lowest BCUT2D eigenvalue weighted by molar-refractivity contribution is -0.136. The number of carbonyl (C=O) groups is 2. The van der Waals surface area contributed by atoms with Crippen molar-refractivity contribution in [1.29, 1.82) is 0 Å². The second-order valence-electron chi connectivity index (χ2n) is 2.74. The van der Waals surface area contributed by atoms with Crippen LogP contribution in [-0.2, 0) is 4.79 Å². The minimum absolute atomic E-state index is 0.0777. The van der Waals surface area contributed by atoms with Gasteiger partial charge in [-0.15, -0.1) is 0 Å². The molecule has 0 saturated carbocycles. The summed E-state index contributed by atoms with van der Waals surface area (Å²) >= 11 is 0. The van der Waals surface area contributed by atoms with E-state index in [0.29, 0.717) is 5.56 Å². The van der Waals surface area contributed by atoms with E-state index in [-0.39, 0.29) is 18.7 Å². The molecule has 0 atom stereocenters. The minimum Gasteiger partial charge on any atom is -0.481 e. The Balaban J connectivity index is 2.44. The van der Waals surface area contributed by atoms with E-state index >= 15 is 0 Å². The largest absolute Gasteiger partial charge is 0.481 e. The maximum Gasteiger partial charge on any atom is 0.305 e. The van der Waals surface area contributed by atoms with Crippen molar-refractivity contribution in [2.45, 2.75) is 13.3 Å². The molecule has 14 heavy (non-hydrogen) atoms. The molecule has 0 aliphatic heterocycles. The van der Waals surface area contributed by atoms with Crippen molar-refractivity contribution in [3.63, 3.8) is 0 Å². The fourth-order valence-corrected chi connectivity index (χ4v) is 0.873. The maximum atomic E-state index is 11.3. The summed E-state index contributed by atoms with van der Waals surface area (Å²) in [7, 11) is 0. The summed E-state index contributed by atoms with van der Waals surface area (Å²) < 4.78 is 4.67. The standard InChI is InChI=1S/C8H10N2O4/c1-5-4-10-14-7(5)8(13)9-3-2-6(11)12/h4H,2-3H2,1H3,(H,9,13)(H,11,12). The Morgan fingerprint density at radius 1 is 1.64 bits per heavy atom. The van der Waals surface area contributed by atoms with Crippen LogP contribution >= 0.6 is 0 Å². The fourth-order valence-electron chi connectivity index (χ4n) is 0.873. The van der Waals surface area contributed by atoms with Crippen molar-refractivity contribution in [3.05, 3.63) is 17.5 Å². The van der Waals surface area contributed by atoms with Crippen LogP contribution in [0.4, 0.5) is 0 Å². The normalized spacial score (nSPS) is 9.79. The molecule has 0 fully saturated rings.